The highest BCUT2D eigenvalue weighted by Gasteiger charge is 2.23. The van der Waals surface area contributed by atoms with Crippen molar-refractivity contribution in [1.29, 1.82) is 0 Å². The fourth-order valence-corrected chi connectivity index (χ4v) is 3.31. The second-order valence-electron chi connectivity index (χ2n) is 5.88. The van der Waals surface area contributed by atoms with Gasteiger partial charge in [-0.25, -0.2) is 4.98 Å². The van der Waals surface area contributed by atoms with Crippen molar-refractivity contribution in [2.45, 2.75) is 25.8 Å². The van der Waals surface area contributed by atoms with E-state index in [1.54, 1.807) is 24.4 Å². The Morgan fingerprint density at radius 2 is 2.29 bits per heavy atom. The lowest BCUT2D eigenvalue weighted by Crippen LogP contribution is -2.52. The van der Waals surface area contributed by atoms with Crippen LogP contribution in [0.5, 0.6) is 0 Å². The lowest BCUT2D eigenvalue weighted by Gasteiger charge is -2.34. The summed E-state index contributed by atoms with van der Waals surface area (Å²) >= 11 is 12.1. The van der Waals surface area contributed by atoms with Crippen LogP contribution in [0.1, 0.15) is 19.2 Å². The van der Waals surface area contributed by atoms with Crippen LogP contribution in [0.2, 0.25) is 10.0 Å². The molecule has 2 heterocycles. The standard InChI is InChI=1S/C17H19Cl2N3O2/c1-11-9-20-6-7-22(11)17(23)5-4-16-21-10-15(24-16)13-3-2-12(18)8-14(13)19/h2-3,8,10-11,20H,4-7,9H2,1H3/t11-/m0/s1. The molecule has 5 nitrogen and oxygen atoms in total. The van der Waals surface area contributed by atoms with Gasteiger partial charge in [0.25, 0.3) is 0 Å². The molecule has 7 heteroatoms. The second kappa shape index (κ2) is 7.55. The molecule has 3 rings (SSSR count). The van der Waals surface area contributed by atoms with E-state index in [1.165, 1.54) is 0 Å². The minimum absolute atomic E-state index is 0.133. The van der Waals surface area contributed by atoms with Crippen LogP contribution in [0.4, 0.5) is 0 Å². The fourth-order valence-electron chi connectivity index (χ4n) is 2.81. The van der Waals surface area contributed by atoms with Gasteiger partial charge in [-0.15, -0.1) is 0 Å². The average Bonchev–Trinajstić information content (AvgIpc) is 3.01. The van der Waals surface area contributed by atoms with E-state index in [2.05, 4.69) is 17.2 Å². The summed E-state index contributed by atoms with van der Waals surface area (Å²) in [6.45, 7) is 4.48. The van der Waals surface area contributed by atoms with Crippen molar-refractivity contribution in [2.24, 2.45) is 0 Å². The van der Waals surface area contributed by atoms with Crippen LogP contribution in [0.15, 0.2) is 28.8 Å². The summed E-state index contributed by atoms with van der Waals surface area (Å²) in [5.41, 5.74) is 0.738. The molecule has 1 N–H and O–H groups in total. The van der Waals surface area contributed by atoms with Gasteiger partial charge in [0.15, 0.2) is 11.7 Å². The van der Waals surface area contributed by atoms with Crippen LogP contribution in [-0.2, 0) is 11.2 Å². The number of amides is 1. The number of hydrogen-bond acceptors (Lipinski definition) is 4. The Kier molecular flexibility index (Phi) is 5.43. The third kappa shape index (κ3) is 3.91. The van der Waals surface area contributed by atoms with Gasteiger partial charge in [-0.3, -0.25) is 4.79 Å². The van der Waals surface area contributed by atoms with E-state index >= 15 is 0 Å². The van der Waals surface area contributed by atoms with E-state index in [-0.39, 0.29) is 11.9 Å². The number of nitrogens with one attached hydrogen (secondary N) is 1. The Hall–Kier alpha value is -1.56. The number of carbonyl (C=O) groups is 1. The van der Waals surface area contributed by atoms with Gasteiger partial charge >= 0.3 is 0 Å². The normalized spacial score (nSPS) is 18.0. The maximum atomic E-state index is 12.3. The first-order valence-electron chi connectivity index (χ1n) is 7.95. The third-order valence-electron chi connectivity index (χ3n) is 4.12. The van der Waals surface area contributed by atoms with E-state index in [1.807, 2.05) is 4.90 Å². The van der Waals surface area contributed by atoms with E-state index in [0.29, 0.717) is 34.5 Å². The van der Waals surface area contributed by atoms with Gasteiger partial charge in [-0.2, -0.15) is 0 Å². The molecule has 2 aromatic rings. The zero-order valence-corrected chi connectivity index (χ0v) is 14.9. The van der Waals surface area contributed by atoms with Crippen molar-refractivity contribution < 1.29 is 9.21 Å². The highest BCUT2D eigenvalue weighted by molar-refractivity contribution is 6.36. The largest absolute Gasteiger partial charge is 0.441 e. The van der Waals surface area contributed by atoms with Gasteiger partial charge < -0.3 is 14.6 Å². The van der Waals surface area contributed by atoms with Gasteiger partial charge in [0.1, 0.15) is 0 Å². The molecule has 24 heavy (non-hydrogen) atoms. The first-order valence-corrected chi connectivity index (χ1v) is 8.70. The summed E-state index contributed by atoms with van der Waals surface area (Å²) in [5.74, 6) is 1.25. The van der Waals surface area contributed by atoms with Crippen LogP contribution < -0.4 is 5.32 Å². The minimum atomic E-state index is 0.133. The Balaban J connectivity index is 1.63. The molecule has 1 aromatic heterocycles. The van der Waals surface area contributed by atoms with Gasteiger partial charge in [-0.1, -0.05) is 23.2 Å². The molecule has 1 saturated heterocycles. The van der Waals surface area contributed by atoms with Crippen LogP contribution in [0.25, 0.3) is 11.3 Å². The summed E-state index contributed by atoms with van der Waals surface area (Å²) in [6, 6.07) is 5.43. The first-order chi connectivity index (χ1) is 11.5. The van der Waals surface area contributed by atoms with Crippen LogP contribution in [0, 0.1) is 0 Å². The number of piperazine rings is 1. The summed E-state index contributed by atoms with van der Waals surface area (Å²) in [6.07, 6.45) is 2.49. The van der Waals surface area contributed by atoms with Gasteiger partial charge in [0.2, 0.25) is 5.91 Å². The lowest BCUT2D eigenvalue weighted by molar-refractivity contribution is -0.134. The Bertz CT molecular complexity index is 732. The zero-order valence-electron chi connectivity index (χ0n) is 13.4. The smallest absolute Gasteiger partial charge is 0.223 e. The third-order valence-corrected chi connectivity index (χ3v) is 4.67. The summed E-state index contributed by atoms with van der Waals surface area (Å²) < 4.78 is 5.73. The molecule has 1 aromatic carbocycles. The quantitative estimate of drug-likeness (QED) is 0.899. The maximum absolute atomic E-state index is 12.3. The Labute approximate surface area is 150 Å². The van der Waals surface area contributed by atoms with Gasteiger partial charge in [0, 0.05) is 49.1 Å². The SMILES string of the molecule is C[C@H]1CNCCN1C(=O)CCc1ncc(-c2ccc(Cl)cc2Cl)o1. The van der Waals surface area contributed by atoms with Crippen molar-refractivity contribution in [2.75, 3.05) is 19.6 Å². The monoisotopic (exact) mass is 367 g/mol. The number of carbonyl (C=O) groups excluding carboxylic acids is 1. The number of oxazole rings is 1. The number of nitrogens with zero attached hydrogens (tertiary/aromatic N) is 2. The summed E-state index contributed by atoms with van der Waals surface area (Å²) in [4.78, 5) is 18.5. The molecule has 0 bridgehead atoms. The molecule has 1 amide bonds. The second-order valence-corrected chi connectivity index (χ2v) is 6.73. The first kappa shape index (κ1) is 17.3. The number of hydrogen-bond donors (Lipinski definition) is 1. The minimum Gasteiger partial charge on any atom is -0.441 e. The fraction of sp³-hybridized carbons (Fsp3) is 0.412. The van der Waals surface area contributed by atoms with E-state index < -0.39 is 0 Å². The van der Waals surface area contributed by atoms with Crippen molar-refractivity contribution in [1.82, 2.24) is 15.2 Å². The maximum Gasteiger partial charge on any atom is 0.223 e. The number of benzene rings is 1. The molecule has 1 atom stereocenters. The Morgan fingerprint density at radius 3 is 3.04 bits per heavy atom. The number of aryl methyl sites for hydroxylation is 1. The zero-order chi connectivity index (χ0) is 17.1. The van der Waals surface area contributed by atoms with E-state index in [9.17, 15) is 4.79 Å². The molecule has 1 aliphatic rings. The summed E-state index contributed by atoms with van der Waals surface area (Å²) in [7, 11) is 0. The topological polar surface area (TPSA) is 58.4 Å². The number of aromatic nitrogens is 1. The highest BCUT2D eigenvalue weighted by atomic mass is 35.5. The molecule has 1 aliphatic heterocycles. The van der Waals surface area contributed by atoms with Crippen molar-refractivity contribution >= 4 is 29.1 Å². The average molecular weight is 368 g/mol. The van der Waals surface area contributed by atoms with Crippen molar-refractivity contribution in [3.8, 4) is 11.3 Å². The summed E-state index contributed by atoms with van der Waals surface area (Å²) in [5, 5.41) is 4.36. The molecule has 1 fully saturated rings. The molecule has 0 saturated carbocycles. The molecule has 0 unspecified atom stereocenters. The van der Waals surface area contributed by atoms with Crippen LogP contribution in [0.3, 0.4) is 0 Å². The van der Waals surface area contributed by atoms with Crippen molar-refractivity contribution in [3.05, 3.63) is 40.3 Å². The van der Waals surface area contributed by atoms with Gasteiger partial charge in [-0.05, 0) is 25.1 Å². The van der Waals surface area contributed by atoms with Crippen LogP contribution >= 0.6 is 23.2 Å². The van der Waals surface area contributed by atoms with Gasteiger partial charge in [0.05, 0.1) is 11.2 Å². The number of rotatable bonds is 4. The predicted molar refractivity (Wildman–Crippen MR) is 94.3 cm³/mol. The van der Waals surface area contributed by atoms with Crippen molar-refractivity contribution in [3.63, 3.8) is 0 Å². The molecule has 0 aliphatic carbocycles. The lowest BCUT2D eigenvalue weighted by atomic mass is 10.2. The Morgan fingerprint density at radius 1 is 1.46 bits per heavy atom. The molecule has 0 radical (unpaired) electrons. The molecular weight excluding hydrogens is 349 g/mol. The van der Waals surface area contributed by atoms with Crippen LogP contribution in [-0.4, -0.2) is 41.5 Å². The molecule has 0 spiro atoms. The van der Waals surface area contributed by atoms with E-state index in [0.717, 1.165) is 25.2 Å². The predicted octanol–water partition coefficient (Wildman–Crippen LogP) is 3.40. The highest BCUT2D eigenvalue weighted by Crippen LogP contribution is 2.30. The number of halogens is 2. The van der Waals surface area contributed by atoms with E-state index in [4.69, 9.17) is 27.6 Å². The molecule has 128 valence electrons. The molecular formula is C17H19Cl2N3O2.